The third-order valence-electron chi connectivity index (χ3n) is 6.43. The van der Waals surface area contributed by atoms with Gasteiger partial charge in [-0.3, -0.25) is 0 Å². The van der Waals surface area contributed by atoms with Crippen molar-refractivity contribution >= 4 is 42.9 Å². The van der Waals surface area contributed by atoms with Crippen LogP contribution >= 0.6 is 22.7 Å². The van der Waals surface area contributed by atoms with Gasteiger partial charge in [-0.1, -0.05) is 36.4 Å². The first kappa shape index (κ1) is 17.5. The van der Waals surface area contributed by atoms with Crippen LogP contribution in [0.3, 0.4) is 0 Å². The van der Waals surface area contributed by atoms with Gasteiger partial charge >= 0.3 is 0 Å². The highest BCUT2D eigenvalue weighted by atomic mass is 32.1. The zero-order valence-electron chi connectivity index (χ0n) is 16.6. The Morgan fingerprint density at radius 1 is 0.640 bits per heavy atom. The molecule has 0 aromatic carbocycles. The maximum absolute atomic E-state index is 2.64. The van der Waals surface area contributed by atoms with E-state index in [2.05, 4.69) is 66.8 Å². The third kappa shape index (κ3) is 2.28. The van der Waals surface area contributed by atoms with E-state index in [-0.39, 0.29) is 0 Å². The summed E-state index contributed by atoms with van der Waals surface area (Å²) >= 11 is 3.99. The molecule has 2 aromatic rings. The summed E-state index contributed by atoms with van der Waals surface area (Å²) < 4.78 is 0. The molecule has 0 fully saturated rings. The van der Waals surface area contributed by atoms with E-state index in [0.717, 1.165) is 0 Å². The van der Waals surface area contributed by atoms with E-state index in [0.29, 0.717) is 11.1 Å². The Labute approximate surface area is 161 Å². The van der Waals surface area contributed by atoms with Crippen molar-refractivity contribution in [2.75, 3.05) is 0 Å². The molecule has 0 nitrogen and oxygen atoms in total. The molecule has 2 aliphatic carbocycles. The van der Waals surface area contributed by atoms with Gasteiger partial charge in [-0.05, 0) is 63.8 Å². The minimum Gasteiger partial charge on any atom is -0.145 e. The molecule has 2 aromatic heterocycles. The van der Waals surface area contributed by atoms with Crippen LogP contribution in [-0.2, 0) is 0 Å². The molecular formula is C22H28S2Si. The van der Waals surface area contributed by atoms with Gasteiger partial charge in [-0.2, -0.15) is 0 Å². The average Bonchev–Trinajstić information content (AvgIpc) is 3.17. The van der Waals surface area contributed by atoms with Crippen LogP contribution in [0.1, 0.15) is 66.7 Å². The van der Waals surface area contributed by atoms with E-state index < -0.39 is 8.07 Å². The molecule has 2 unspecified atom stereocenters. The molecule has 132 valence electrons. The lowest BCUT2D eigenvalue weighted by molar-refractivity contribution is 0.963. The molecule has 0 saturated carbocycles. The molecular weight excluding hydrogens is 356 g/mol. The molecule has 0 bridgehead atoms. The summed E-state index contributed by atoms with van der Waals surface area (Å²) in [6.07, 6.45) is 4.99. The van der Waals surface area contributed by atoms with Gasteiger partial charge in [0.1, 0.15) is 0 Å². The lowest BCUT2D eigenvalue weighted by Gasteiger charge is -2.39. The van der Waals surface area contributed by atoms with Crippen LogP contribution < -0.4 is 0 Å². The van der Waals surface area contributed by atoms with Crippen molar-refractivity contribution in [2.45, 2.75) is 65.7 Å². The Hall–Kier alpha value is -0.903. The molecule has 0 aliphatic heterocycles. The van der Waals surface area contributed by atoms with E-state index >= 15 is 0 Å². The molecule has 3 heteroatoms. The van der Waals surface area contributed by atoms with Gasteiger partial charge in [0, 0.05) is 30.6 Å². The number of thiophene rings is 2. The van der Waals surface area contributed by atoms with Crippen LogP contribution in [0.5, 0.6) is 0 Å². The quantitative estimate of drug-likeness (QED) is 0.469. The fourth-order valence-electron chi connectivity index (χ4n) is 5.68. The Bertz CT molecular complexity index is 873. The maximum Gasteiger partial charge on any atom is 0.0723 e. The van der Waals surface area contributed by atoms with E-state index in [4.69, 9.17) is 0 Å². The molecule has 2 aliphatic rings. The fraction of sp³-hybridized carbons (Fsp3) is 0.455. The Morgan fingerprint density at radius 2 is 1.00 bits per heavy atom. The van der Waals surface area contributed by atoms with Crippen LogP contribution in [0.2, 0.25) is 13.1 Å². The van der Waals surface area contributed by atoms with Crippen molar-refractivity contribution in [3.8, 4) is 0 Å². The van der Waals surface area contributed by atoms with Gasteiger partial charge in [-0.15, -0.1) is 22.7 Å². The molecule has 2 heterocycles. The average molecular weight is 385 g/mol. The minimum atomic E-state index is -1.63. The second-order valence-electron chi connectivity index (χ2n) is 8.55. The molecule has 4 rings (SSSR count). The molecule has 0 saturated heterocycles. The van der Waals surface area contributed by atoms with Crippen molar-refractivity contribution in [3.63, 3.8) is 0 Å². The normalized spacial score (nSPS) is 22.1. The highest BCUT2D eigenvalue weighted by Gasteiger charge is 2.48. The highest BCUT2D eigenvalue weighted by molar-refractivity contribution is 7.12. The van der Waals surface area contributed by atoms with E-state index in [1.165, 1.54) is 9.75 Å². The standard InChI is InChI=1S/C22H28S2Si/c1-11-9-17-13(3)23-15(5)19(17)21(11)25(7,8)22-12(2)10-18-14(4)24-16(6)20(18)22/h9-10,21-22H,1-8H3. The fourth-order valence-corrected chi connectivity index (χ4v) is 13.1. The third-order valence-corrected chi connectivity index (χ3v) is 13.0. The summed E-state index contributed by atoms with van der Waals surface area (Å²) in [6.45, 7) is 19.3. The number of fused-ring (bicyclic) bond motifs is 2. The maximum atomic E-state index is 2.64. The summed E-state index contributed by atoms with van der Waals surface area (Å²) in [7, 11) is -1.63. The highest BCUT2D eigenvalue weighted by Crippen LogP contribution is 2.56. The van der Waals surface area contributed by atoms with Gasteiger partial charge in [0.2, 0.25) is 0 Å². The van der Waals surface area contributed by atoms with Gasteiger partial charge in [-0.25, -0.2) is 0 Å². The smallest absolute Gasteiger partial charge is 0.0723 e. The SMILES string of the molecule is CC1=Cc2c(C)sc(C)c2C1[Si](C)(C)C1C(C)=Cc2c(C)sc(C)c21. The summed E-state index contributed by atoms with van der Waals surface area (Å²) in [4.78, 5) is 6.09. The van der Waals surface area contributed by atoms with Crippen molar-refractivity contribution in [1.82, 2.24) is 0 Å². The van der Waals surface area contributed by atoms with Crippen LogP contribution in [0.4, 0.5) is 0 Å². The summed E-state index contributed by atoms with van der Waals surface area (Å²) in [5.74, 6) is 0. The van der Waals surface area contributed by atoms with Crippen molar-refractivity contribution in [1.29, 1.82) is 0 Å². The van der Waals surface area contributed by atoms with E-state index in [1.807, 2.05) is 22.7 Å². The summed E-state index contributed by atoms with van der Waals surface area (Å²) in [6, 6.07) is 0. The van der Waals surface area contributed by atoms with Crippen LogP contribution in [-0.4, -0.2) is 8.07 Å². The first-order valence-electron chi connectivity index (χ1n) is 9.20. The number of aryl methyl sites for hydroxylation is 4. The molecule has 0 spiro atoms. The van der Waals surface area contributed by atoms with Gasteiger partial charge < -0.3 is 0 Å². The van der Waals surface area contributed by atoms with Gasteiger partial charge in [0.15, 0.2) is 0 Å². The zero-order valence-corrected chi connectivity index (χ0v) is 19.3. The van der Waals surface area contributed by atoms with E-state index in [9.17, 15) is 0 Å². The predicted molar refractivity (Wildman–Crippen MR) is 118 cm³/mol. The van der Waals surface area contributed by atoms with Crippen molar-refractivity contribution in [2.24, 2.45) is 0 Å². The van der Waals surface area contributed by atoms with Gasteiger partial charge in [0.25, 0.3) is 0 Å². The van der Waals surface area contributed by atoms with E-state index in [1.54, 1.807) is 43.2 Å². The number of rotatable bonds is 2. The summed E-state index contributed by atoms with van der Waals surface area (Å²) in [5.41, 5.74) is 11.0. The molecule has 0 amide bonds. The largest absolute Gasteiger partial charge is 0.145 e. The van der Waals surface area contributed by atoms with Crippen molar-refractivity contribution < 1.29 is 0 Å². The molecule has 2 atom stereocenters. The second kappa shape index (κ2) is 5.55. The predicted octanol–water partition coefficient (Wildman–Crippen LogP) is 7.53. The Morgan fingerprint density at radius 3 is 1.36 bits per heavy atom. The molecule has 25 heavy (non-hydrogen) atoms. The zero-order chi connectivity index (χ0) is 18.3. The monoisotopic (exact) mass is 384 g/mol. The number of hydrogen-bond donors (Lipinski definition) is 0. The second-order valence-corrected chi connectivity index (χ2v) is 16.2. The lowest BCUT2D eigenvalue weighted by atomic mass is 10.1. The van der Waals surface area contributed by atoms with Crippen LogP contribution in [0, 0.1) is 27.7 Å². The molecule has 0 N–H and O–H groups in total. The topological polar surface area (TPSA) is 0 Å². The number of hydrogen-bond acceptors (Lipinski definition) is 2. The Balaban J connectivity index is 1.88. The summed E-state index contributed by atoms with van der Waals surface area (Å²) in [5, 5.41) is 0. The Kier molecular flexibility index (Phi) is 3.88. The van der Waals surface area contributed by atoms with Crippen molar-refractivity contribution in [3.05, 3.63) is 52.9 Å². The minimum absolute atomic E-state index is 0.659. The van der Waals surface area contributed by atoms with Gasteiger partial charge in [0.05, 0.1) is 8.07 Å². The first-order chi connectivity index (χ1) is 11.6. The van der Waals surface area contributed by atoms with Crippen LogP contribution in [0.15, 0.2) is 11.1 Å². The van der Waals surface area contributed by atoms with Crippen LogP contribution in [0.25, 0.3) is 12.2 Å². The molecule has 0 radical (unpaired) electrons. The first-order valence-corrected chi connectivity index (χ1v) is 14.0. The lowest BCUT2D eigenvalue weighted by Crippen LogP contribution is -2.42. The number of allylic oxidation sites excluding steroid dienone is 2.